The summed E-state index contributed by atoms with van der Waals surface area (Å²) in [6.07, 6.45) is 0.0166. The molecule has 1 saturated heterocycles. The summed E-state index contributed by atoms with van der Waals surface area (Å²) in [6.45, 7) is 0.572. The van der Waals surface area contributed by atoms with E-state index in [4.69, 9.17) is 9.84 Å². The van der Waals surface area contributed by atoms with Crippen molar-refractivity contribution in [2.75, 3.05) is 30.8 Å². The zero-order valence-electron chi connectivity index (χ0n) is 16.2. The Morgan fingerprint density at radius 3 is 2.77 bits per heavy atom. The number of nitrogens with zero attached hydrogens (tertiary/aromatic N) is 4. The highest BCUT2D eigenvalue weighted by atomic mass is 32.2. The van der Waals surface area contributed by atoms with Crippen molar-refractivity contribution in [1.29, 1.82) is 0 Å². The van der Waals surface area contributed by atoms with Crippen LogP contribution in [-0.4, -0.2) is 72.7 Å². The molecule has 1 amide bonds. The molecule has 1 fully saturated rings. The summed E-state index contributed by atoms with van der Waals surface area (Å²) in [5.74, 6) is 0.766. The SMILES string of the molecule is CS(=O)(=O)c1ccc2c(c1)CCN2c1cc(OC2CCN(C(=O)O)CC2F)ncn1. The van der Waals surface area contributed by atoms with E-state index in [0.717, 1.165) is 16.2 Å². The minimum Gasteiger partial charge on any atom is -0.471 e. The first kappa shape index (κ1) is 20.3. The van der Waals surface area contributed by atoms with Gasteiger partial charge in [-0.3, -0.25) is 0 Å². The lowest BCUT2D eigenvalue weighted by atomic mass is 10.1. The molecule has 2 aliphatic rings. The number of aromatic nitrogens is 2. The van der Waals surface area contributed by atoms with E-state index in [1.807, 2.05) is 4.90 Å². The van der Waals surface area contributed by atoms with Gasteiger partial charge in [-0.05, 0) is 30.2 Å². The van der Waals surface area contributed by atoms with E-state index >= 15 is 0 Å². The van der Waals surface area contributed by atoms with Crippen molar-refractivity contribution in [3.63, 3.8) is 0 Å². The fraction of sp³-hybridized carbons (Fsp3) is 0.421. The number of hydrogen-bond acceptors (Lipinski definition) is 7. The van der Waals surface area contributed by atoms with E-state index in [9.17, 15) is 17.6 Å². The molecular formula is C19H21FN4O5S. The summed E-state index contributed by atoms with van der Waals surface area (Å²) in [5, 5.41) is 8.99. The molecule has 2 aliphatic heterocycles. The van der Waals surface area contributed by atoms with Crippen LogP contribution < -0.4 is 9.64 Å². The molecule has 1 N–H and O–H groups in total. The number of likely N-dealkylation sites (tertiary alicyclic amines) is 1. The first-order chi connectivity index (χ1) is 14.2. The molecule has 30 heavy (non-hydrogen) atoms. The molecule has 1 aromatic heterocycles. The van der Waals surface area contributed by atoms with Crippen LogP contribution >= 0.6 is 0 Å². The van der Waals surface area contributed by atoms with Gasteiger partial charge < -0.3 is 19.6 Å². The van der Waals surface area contributed by atoms with Crippen molar-refractivity contribution in [2.24, 2.45) is 0 Å². The van der Waals surface area contributed by atoms with Crippen molar-refractivity contribution >= 4 is 27.4 Å². The third-order valence-corrected chi connectivity index (χ3v) is 6.41. The fourth-order valence-corrected chi connectivity index (χ4v) is 4.41. The molecule has 2 aromatic rings. The molecule has 0 bridgehead atoms. The number of carboxylic acid groups (broad SMARTS) is 1. The molecule has 9 nitrogen and oxygen atoms in total. The normalized spacial score (nSPS) is 21.4. The maximum Gasteiger partial charge on any atom is 0.407 e. The summed E-state index contributed by atoms with van der Waals surface area (Å²) in [5.41, 5.74) is 1.76. The number of sulfone groups is 1. The predicted octanol–water partition coefficient (Wildman–Crippen LogP) is 2.04. The Morgan fingerprint density at radius 2 is 2.07 bits per heavy atom. The topological polar surface area (TPSA) is 113 Å². The lowest BCUT2D eigenvalue weighted by molar-refractivity contribution is 0.0226. The monoisotopic (exact) mass is 436 g/mol. The minimum atomic E-state index is -3.28. The maximum absolute atomic E-state index is 14.3. The van der Waals surface area contributed by atoms with Crippen LogP contribution in [0.3, 0.4) is 0 Å². The zero-order valence-corrected chi connectivity index (χ0v) is 17.0. The van der Waals surface area contributed by atoms with Gasteiger partial charge >= 0.3 is 6.09 Å². The average molecular weight is 436 g/mol. The molecule has 3 heterocycles. The van der Waals surface area contributed by atoms with E-state index in [2.05, 4.69) is 9.97 Å². The highest BCUT2D eigenvalue weighted by molar-refractivity contribution is 7.90. The van der Waals surface area contributed by atoms with E-state index in [1.54, 1.807) is 24.3 Å². The van der Waals surface area contributed by atoms with E-state index < -0.39 is 28.2 Å². The highest BCUT2D eigenvalue weighted by Gasteiger charge is 2.33. The smallest absolute Gasteiger partial charge is 0.407 e. The second-order valence-corrected chi connectivity index (χ2v) is 9.38. The molecule has 160 valence electrons. The Balaban J connectivity index is 1.51. The summed E-state index contributed by atoms with van der Waals surface area (Å²) < 4.78 is 43.6. The van der Waals surface area contributed by atoms with Gasteiger partial charge in [-0.2, -0.15) is 0 Å². The van der Waals surface area contributed by atoms with E-state index in [-0.39, 0.29) is 30.3 Å². The van der Waals surface area contributed by atoms with Crippen LogP contribution in [0.2, 0.25) is 0 Å². The molecule has 2 atom stereocenters. The number of fused-ring (bicyclic) bond motifs is 1. The number of halogens is 1. The second kappa shape index (κ2) is 7.71. The molecule has 0 saturated carbocycles. The van der Waals surface area contributed by atoms with E-state index in [0.29, 0.717) is 18.8 Å². The highest BCUT2D eigenvalue weighted by Crippen LogP contribution is 2.35. The van der Waals surface area contributed by atoms with Crippen LogP contribution in [0.1, 0.15) is 12.0 Å². The van der Waals surface area contributed by atoms with Crippen molar-refractivity contribution in [3.05, 3.63) is 36.2 Å². The van der Waals surface area contributed by atoms with Crippen molar-refractivity contribution in [3.8, 4) is 5.88 Å². The number of piperidine rings is 1. The summed E-state index contributed by atoms with van der Waals surface area (Å²) in [4.78, 5) is 22.6. The summed E-state index contributed by atoms with van der Waals surface area (Å²) in [7, 11) is -3.28. The lowest BCUT2D eigenvalue weighted by Gasteiger charge is -2.32. The third kappa shape index (κ3) is 4.02. The number of hydrogen-bond donors (Lipinski definition) is 1. The number of rotatable bonds is 4. The van der Waals surface area contributed by atoms with Gasteiger partial charge in [0.2, 0.25) is 5.88 Å². The van der Waals surface area contributed by atoms with Crippen LogP contribution in [0.5, 0.6) is 5.88 Å². The van der Waals surface area contributed by atoms with Crippen molar-refractivity contribution in [2.45, 2.75) is 30.0 Å². The van der Waals surface area contributed by atoms with Gasteiger partial charge in [0, 0.05) is 37.5 Å². The first-order valence-electron chi connectivity index (χ1n) is 9.43. The molecule has 11 heteroatoms. The Hall–Kier alpha value is -2.95. The Labute approximate surface area is 173 Å². The number of benzene rings is 1. The van der Waals surface area contributed by atoms with Crippen LogP contribution in [0.4, 0.5) is 20.7 Å². The molecule has 2 unspecified atom stereocenters. The number of amides is 1. The summed E-state index contributed by atoms with van der Waals surface area (Å²) in [6, 6.07) is 6.60. The van der Waals surface area contributed by atoms with Gasteiger partial charge in [0.25, 0.3) is 0 Å². The lowest BCUT2D eigenvalue weighted by Crippen LogP contribution is -2.48. The van der Waals surface area contributed by atoms with Crippen LogP contribution in [0.25, 0.3) is 0 Å². The number of ether oxygens (including phenoxy) is 1. The zero-order chi connectivity index (χ0) is 21.5. The molecule has 0 radical (unpaired) electrons. The molecule has 4 rings (SSSR count). The minimum absolute atomic E-state index is 0.195. The molecule has 1 aromatic carbocycles. The largest absolute Gasteiger partial charge is 0.471 e. The average Bonchev–Trinajstić information content (AvgIpc) is 3.12. The molecule has 0 spiro atoms. The van der Waals surface area contributed by atoms with Gasteiger partial charge in [-0.1, -0.05) is 0 Å². The number of carbonyl (C=O) groups is 1. The maximum atomic E-state index is 14.3. The van der Waals surface area contributed by atoms with Crippen LogP contribution in [0.15, 0.2) is 35.5 Å². The standard InChI is InChI=1S/C19H21FN4O5S/c1-30(27,28)13-2-3-15-12(8-13)4-7-24(15)17-9-18(22-11-21-17)29-16-5-6-23(19(25)26)10-14(16)20/h2-3,8-9,11,14,16H,4-7,10H2,1H3,(H,25,26). The van der Waals surface area contributed by atoms with Gasteiger partial charge in [0.15, 0.2) is 16.0 Å². The van der Waals surface area contributed by atoms with E-state index in [1.165, 1.54) is 12.6 Å². The third-order valence-electron chi connectivity index (χ3n) is 5.30. The number of alkyl halides is 1. The van der Waals surface area contributed by atoms with Crippen molar-refractivity contribution in [1.82, 2.24) is 14.9 Å². The molecular weight excluding hydrogens is 415 g/mol. The summed E-state index contributed by atoms with van der Waals surface area (Å²) >= 11 is 0. The van der Waals surface area contributed by atoms with Gasteiger partial charge in [0.1, 0.15) is 18.2 Å². The second-order valence-electron chi connectivity index (χ2n) is 7.37. The number of anilines is 2. The Kier molecular flexibility index (Phi) is 5.22. The Morgan fingerprint density at radius 1 is 1.27 bits per heavy atom. The van der Waals surface area contributed by atoms with Crippen LogP contribution in [0, 0.1) is 0 Å². The van der Waals surface area contributed by atoms with Gasteiger partial charge in [-0.15, -0.1) is 0 Å². The first-order valence-corrected chi connectivity index (χ1v) is 11.3. The van der Waals surface area contributed by atoms with Gasteiger partial charge in [-0.25, -0.2) is 27.6 Å². The fourth-order valence-electron chi connectivity index (χ4n) is 3.73. The van der Waals surface area contributed by atoms with Crippen LogP contribution in [-0.2, 0) is 16.3 Å². The quantitative estimate of drug-likeness (QED) is 0.775. The van der Waals surface area contributed by atoms with Gasteiger partial charge in [0.05, 0.1) is 11.4 Å². The molecule has 0 aliphatic carbocycles. The Bertz CT molecular complexity index is 1080. The van der Waals surface area contributed by atoms with Crippen molar-refractivity contribution < 1.29 is 27.4 Å². The predicted molar refractivity (Wildman–Crippen MR) is 106 cm³/mol.